The van der Waals surface area contributed by atoms with Crippen molar-refractivity contribution in [3.63, 3.8) is 0 Å². The molecule has 2 aromatic rings. The molecule has 2 N–H and O–H groups in total. The molecule has 0 unspecified atom stereocenters. The highest BCUT2D eigenvalue weighted by molar-refractivity contribution is 14.1. The fraction of sp³-hybridized carbons (Fsp3) is 0.0714. The Kier molecular flexibility index (Phi) is 4.19. The summed E-state index contributed by atoms with van der Waals surface area (Å²) >= 11 is 2.08. The van der Waals surface area contributed by atoms with Gasteiger partial charge in [0.15, 0.2) is 0 Å². The SMILES string of the molecule is O=C(NCc1ccccc1)c1ccc(I)cc1O. The number of aromatic hydroxyl groups is 1. The zero-order valence-corrected chi connectivity index (χ0v) is 11.7. The Balaban J connectivity index is 2.04. The lowest BCUT2D eigenvalue weighted by Crippen LogP contribution is -2.22. The van der Waals surface area contributed by atoms with Crippen LogP contribution in [0.15, 0.2) is 48.5 Å². The van der Waals surface area contributed by atoms with Crippen molar-refractivity contribution in [3.05, 3.63) is 63.2 Å². The van der Waals surface area contributed by atoms with Gasteiger partial charge in [-0.05, 0) is 46.4 Å². The summed E-state index contributed by atoms with van der Waals surface area (Å²) in [6.07, 6.45) is 0. The van der Waals surface area contributed by atoms with Gasteiger partial charge in [-0.25, -0.2) is 0 Å². The van der Waals surface area contributed by atoms with E-state index in [0.717, 1.165) is 9.13 Å². The van der Waals surface area contributed by atoms with E-state index >= 15 is 0 Å². The molecule has 0 radical (unpaired) electrons. The van der Waals surface area contributed by atoms with E-state index in [2.05, 4.69) is 27.9 Å². The molecule has 0 saturated carbocycles. The van der Waals surface area contributed by atoms with Gasteiger partial charge in [0.05, 0.1) is 5.56 Å². The van der Waals surface area contributed by atoms with Gasteiger partial charge in [0.1, 0.15) is 5.75 Å². The second-order valence-corrected chi connectivity index (χ2v) is 5.08. The van der Waals surface area contributed by atoms with Crippen molar-refractivity contribution in [2.75, 3.05) is 0 Å². The number of phenols is 1. The van der Waals surface area contributed by atoms with Crippen molar-refractivity contribution < 1.29 is 9.90 Å². The lowest BCUT2D eigenvalue weighted by molar-refractivity contribution is 0.0948. The van der Waals surface area contributed by atoms with E-state index in [-0.39, 0.29) is 11.7 Å². The standard InChI is InChI=1S/C14H12INO2/c15-11-6-7-12(13(17)8-11)14(18)16-9-10-4-2-1-3-5-10/h1-8,17H,9H2,(H,16,18). The van der Waals surface area contributed by atoms with Gasteiger partial charge >= 0.3 is 0 Å². The summed E-state index contributed by atoms with van der Waals surface area (Å²) in [5.74, 6) is -0.264. The molecule has 0 aliphatic carbocycles. The second kappa shape index (κ2) is 5.86. The van der Waals surface area contributed by atoms with Crippen molar-refractivity contribution in [1.29, 1.82) is 0 Å². The van der Waals surface area contributed by atoms with Gasteiger partial charge in [-0.1, -0.05) is 30.3 Å². The number of rotatable bonds is 3. The average molecular weight is 353 g/mol. The van der Waals surface area contributed by atoms with Gasteiger partial charge in [0.25, 0.3) is 5.91 Å². The molecule has 0 spiro atoms. The van der Waals surface area contributed by atoms with Crippen LogP contribution in [0.5, 0.6) is 5.75 Å². The molecule has 4 heteroatoms. The Hall–Kier alpha value is -1.56. The van der Waals surface area contributed by atoms with Crippen LogP contribution in [0, 0.1) is 3.57 Å². The number of halogens is 1. The zero-order valence-electron chi connectivity index (χ0n) is 9.56. The fourth-order valence-corrected chi connectivity index (χ4v) is 2.04. The Morgan fingerprint density at radius 2 is 1.89 bits per heavy atom. The first-order valence-electron chi connectivity index (χ1n) is 5.47. The van der Waals surface area contributed by atoms with Crippen LogP contribution in [0.1, 0.15) is 15.9 Å². The monoisotopic (exact) mass is 353 g/mol. The largest absolute Gasteiger partial charge is 0.507 e. The molecule has 3 nitrogen and oxygen atoms in total. The van der Waals surface area contributed by atoms with E-state index in [9.17, 15) is 9.90 Å². The van der Waals surface area contributed by atoms with Crippen LogP contribution < -0.4 is 5.32 Å². The molecule has 0 aromatic heterocycles. The van der Waals surface area contributed by atoms with Crippen molar-refractivity contribution in [2.24, 2.45) is 0 Å². The predicted molar refractivity (Wildman–Crippen MR) is 78.4 cm³/mol. The van der Waals surface area contributed by atoms with E-state index in [0.29, 0.717) is 12.1 Å². The number of phenolic OH excluding ortho intramolecular Hbond substituents is 1. The molecule has 0 aliphatic heterocycles. The van der Waals surface area contributed by atoms with Gasteiger partial charge in [-0.15, -0.1) is 0 Å². The number of nitrogens with one attached hydrogen (secondary N) is 1. The summed E-state index contributed by atoms with van der Waals surface area (Å²) in [7, 11) is 0. The molecule has 0 heterocycles. The molecule has 2 aromatic carbocycles. The number of carbonyl (C=O) groups excluding carboxylic acids is 1. The minimum atomic E-state index is -0.271. The summed E-state index contributed by atoms with van der Waals surface area (Å²) in [5.41, 5.74) is 1.32. The highest BCUT2D eigenvalue weighted by Crippen LogP contribution is 2.19. The molecule has 0 saturated heterocycles. The number of hydrogen-bond acceptors (Lipinski definition) is 2. The van der Waals surface area contributed by atoms with Gasteiger partial charge < -0.3 is 10.4 Å². The van der Waals surface area contributed by atoms with Crippen LogP contribution in [-0.4, -0.2) is 11.0 Å². The summed E-state index contributed by atoms with van der Waals surface area (Å²) in [5, 5.41) is 12.5. The first-order chi connectivity index (χ1) is 8.66. The maximum atomic E-state index is 11.9. The minimum absolute atomic E-state index is 0.00691. The van der Waals surface area contributed by atoms with E-state index in [1.54, 1.807) is 18.2 Å². The van der Waals surface area contributed by atoms with Crippen molar-refractivity contribution in [2.45, 2.75) is 6.54 Å². The lowest BCUT2D eigenvalue weighted by Gasteiger charge is -2.07. The number of carbonyl (C=O) groups is 1. The van der Waals surface area contributed by atoms with Crippen LogP contribution in [0.2, 0.25) is 0 Å². The van der Waals surface area contributed by atoms with Crippen molar-refractivity contribution in [3.8, 4) is 5.75 Å². The topological polar surface area (TPSA) is 49.3 Å². The molecule has 92 valence electrons. The number of hydrogen-bond donors (Lipinski definition) is 2. The van der Waals surface area contributed by atoms with Gasteiger partial charge in [0, 0.05) is 10.1 Å². The maximum absolute atomic E-state index is 11.9. The molecular formula is C14H12INO2. The van der Waals surface area contributed by atoms with Gasteiger partial charge in [-0.3, -0.25) is 4.79 Å². The van der Waals surface area contributed by atoms with E-state index in [4.69, 9.17) is 0 Å². The quantitative estimate of drug-likeness (QED) is 0.834. The Labute approximate surface area is 119 Å². The van der Waals surface area contributed by atoms with E-state index in [1.165, 1.54) is 0 Å². The van der Waals surface area contributed by atoms with Crippen LogP contribution in [0.25, 0.3) is 0 Å². The van der Waals surface area contributed by atoms with Crippen molar-refractivity contribution in [1.82, 2.24) is 5.32 Å². The van der Waals surface area contributed by atoms with Crippen LogP contribution >= 0.6 is 22.6 Å². The minimum Gasteiger partial charge on any atom is -0.507 e. The highest BCUT2D eigenvalue weighted by atomic mass is 127. The highest BCUT2D eigenvalue weighted by Gasteiger charge is 2.10. The fourth-order valence-electron chi connectivity index (χ4n) is 1.57. The second-order valence-electron chi connectivity index (χ2n) is 3.83. The van der Waals surface area contributed by atoms with Crippen molar-refractivity contribution >= 4 is 28.5 Å². The Bertz CT molecular complexity index is 555. The predicted octanol–water partition coefficient (Wildman–Crippen LogP) is 2.93. The molecule has 0 fully saturated rings. The first-order valence-corrected chi connectivity index (χ1v) is 6.55. The van der Waals surface area contributed by atoms with Crippen LogP contribution in [-0.2, 0) is 6.54 Å². The van der Waals surface area contributed by atoms with Crippen LogP contribution in [0.3, 0.4) is 0 Å². The molecule has 2 rings (SSSR count). The zero-order chi connectivity index (χ0) is 13.0. The third-order valence-corrected chi connectivity index (χ3v) is 3.17. The summed E-state index contributed by atoms with van der Waals surface area (Å²) in [6, 6.07) is 14.6. The molecule has 0 bridgehead atoms. The molecule has 0 aliphatic rings. The lowest BCUT2D eigenvalue weighted by atomic mass is 10.1. The third-order valence-electron chi connectivity index (χ3n) is 2.50. The maximum Gasteiger partial charge on any atom is 0.255 e. The third kappa shape index (κ3) is 3.22. The van der Waals surface area contributed by atoms with E-state index < -0.39 is 0 Å². The smallest absolute Gasteiger partial charge is 0.255 e. The van der Waals surface area contributed by atoms with Gasteiger partial charge in [-0.2, -0.15) is 0 Å². The summed E-state index contributed by atoms with van der Waals surface area (Å²) < 4.78 is 0.893. The normalized spacial score (nSPS) is 10.1. The van der Waals surface area contributed by atoms with Gasteiger partial charge in [0.2, 0.25) is 0 Å². The Morgan fingerprint density at radius 1 is 1.17 bits per heavy atom. The van der Waals surface area contributed by atoms with E-state index in [1.807, 2.05) is 30.3 Å². The Morgan fingerprint density at radius 3 is 2.56 bits per heavy atom. The molecule has 1 amide bonds. The first kappa shape index (κ1) is 12.9. The van der Waals surface area contributed by atoms with Crippen LogP contribution in [0.4, 0.5) is 0 Å². The number of amides is 1. The average Bonchev–Trinajstić information content (AvgIpc) is 2.37. The summed E-state index contributed by atoms with van der Waals surface area (Å²) in [6.45, 7) is 0.450. The summed E-state index contributed by atoms with van der Waals surface area (Å²) in [4.78, 5) is 11.9. The molecule has 0 atom stereocenters. The number of benzene rings is 2. The molecular weight excluding hydrogens is 341 g/mol. The molecule has 18 heavy (non-hydrogen) atoms.